The van der Waals surface area contributed by atoms with Gasteiger partial charge in [0.1, 0.15) is 0 Å². The summed E-state index contributed by atoms with van der Waals surface area (Å²) in [5.74, 6) is 0. The molecule has 0 saturated heterocycles. The van der Waals surface area contributed by atoms with Crippen LogP contribution < -0.4 is 11.0 Å². The topological polar surface area (TPSA) is 42.5 Å². The van der Waals surface area contributed by atoms with Gasteiger partial charge in [0.25, 0.3) is 0 Å². The molecule has 0 atom stereocenters. The lowest BCUT2D eigenvalue weighted by molar-refractivity contribution is 0.0875. The lowest BCUT2D eigenvalue weighted by Gasteiger charge is -2.02. The molecule has 4 heteroatoms. The Morgan fingerprint density at radius 3 is 1.50 bits per heavy atom. The smallest absolute Gasteiger partial charge is 0.0572 e. The molecule has 0 fully saturated rings. The first-order valence-corrected chi connectivity index (χ1v) is 4.43. The van der Waals surface area contributed by atoms with E-state index in [0.29, 0.717) is 0 Å². The molecule has 0 saturated carbocycles. The lowest BCUT2D eigenvalue weighted by atomic mass is 10.2. The predicted octanol–water partition coefficient (Wildman–Crippen LogP) is 0.849. The molecule has 0 aliphatic carbocycles. The van der Waals surface area contributed by atoms with Gasteiger partial charge in [-0.15, -0.1) is 0 Å². The van der Waals surface area contributed by atoms with E-state index in [9.17, 15) is 0 Å². The molecule has 0 unspecified atom stereocenters. The highest BCUT2D eigenvalue weighted by Gasteiger charge is 1.89. The number of rotatable bonds is 9. The Bertz CT molecular complexity index is 71.5. The van der Waals surface area contributed by atoms with Gasteiger partial charge in [0, 0.05) is 13.1 Å². The summed E-state index contributed by atoms with van der Waals surface area (Å²) in [6.07, 6.45) is 4.81. The summed E-state index contributed by atoms with van der Waals surface area (Å²) in [7, 11) is 3.28. The highest BCUT2D eigenvalue weighted by Crippen LogP contribution is 1.97. The van der Waals surface area contributed by atoms with E-state index in [2.05, 4.69) is 11.0 Å². The third-order valence-corrected chi connectivity index (χ3v) is 1.60. The van der Waals surface area contributed by atoms with E-state index < -0.39 is 0 Å². The van der Waals surface area contributed by atoms with Crippen molar-refractivity contribution in [2.75, 3.05) is 27.3 Å². The number of nitrogens with one attached hydrogen (secondary N) is 2. The van der Waals surface area contributed by atoms with E-state index in [0.717, 1.165) is 13.1 Å². The van der Waals surface area contributed by atoms with Gasteiger partial charge in [-0.3, -0.25) is 0 Å². The van der Waals surface area contributed by atoms with Gasteiger partial charge in [-0.05, 0) is 12.8 Å². The minimum Gasteiger partial charge on any atom is -0.305 e. The highest BCUT2D eigenvalue weighted by molar-refractivity contribution is 4.44. The third kappa shape index (κ3) is 9.84. The molecular weight excluding hydrogens is 156 g/mol. The van der Waals surface area contributed by atoms with Crippen molar-refractivity contribution in [1.82, 2.24) is 11.0 Å². The second-order valence-electron chi connectivity index (χ2n) is 2.61. The van der Waals surface area contributed by atoms with Crippen LogP contribution in [0.25, 0.3) is 0 Å². The van der Waals surface area contributed by atoms with Crippen LogP contribution in [0, 0.1) is 0 Å². The van der Waals surface area contributed by atoms with Crippen LogP contribution in [0.5, 0.6) is 0 Å². The first kappa shape index (κ1) is 11.8. The Labute approximate surface area is 74.5 Å². The molecule has 2 N–H and O–H groups in total. The number of hydrogen-bond donors (Lipinski definition) is 2. The number of hydroxylamine groups is 2. The van der Waals surface area contributed by atoms with E-state index in [4.69, 9.17) is 9.68 Å². The molecule has 0 amide bonds. The van der Waals surface area contributed by atoms with Crippen molar-refractivity contribution < 1.29 is 9.68 Å². The fraction of sp³-hybridized carbons (Fsp3) is 1.00. The Balaban J connectivity index is 2.73. The Morgan fingerprint density at radius 1 is 0.750 bits per heavy atom. The number of unbranched alkanes of at least 4 members (excludes halogenated alkanes) is 3. The maximum atomic E-state index is 4.70. The van der Waals surface area contributed by atoms with Crippen LogP contribution in [-0.4, -0.2) is 27.3 Å². The van der Waals surface area contributed by atoms with Gasteiger partial charge in [0.05, 0.1) is 14.2 Å². The van der Waals surface area contributed by atoms with Crippen LogP contribution in [-0.2, 0) is 9.68 Å². The summed E-state index contributed by atoms with van der Waals surface area (Å²) in [5, 5.41) is 0. The van der Waals surface area contributed by atoms with Crippen molar-refractivity contribution in [2.45, 2.75) is 25.7 Å². The molecule has 74 valence electrons. The van der Waals surface area contributed by atoms with E-state index in [-0.39, 0.29) is 0 Å². The molecule has 0 aromatic carbocycles. The molecular formula is C8H20N2O2. The quantitative estimate of drug-likeness (QED) is 0.404. The highest BCUT2D eigenvalue weighted by atomic mass is 16.6. The molecule has 0 radical (unpaired) electrons. The van der Waals surface area contributed by atoms with Gasteiger partial charge in [-0.2, -0.15) is 0 Å². The molecule has 12 heavy (non-hydrogen) atoms. The Hall–Kier alpha value is -0.160. The van der Waals surface area contributed by atoms with Crippen LogP contribution in [0.3, 0.4) is 0 Å². The molecule has 0 aliphatic rings. The average Bonchev–Trinajstić information content (AvgIpc) is 2.10. The maximum Gasteiger partial charge on any atom is 0.0572 e. The maximum absolute atomic E-state index is 4.70. The lowest BCUT2D eigenvalue weighted by Crippen LogP contribution is -2.14. The zero-order valence-electron chi connectivity index (χ0n) is 8.06. The summed E-state index contributed by atoms with van der Waals surface area (Å²) >= 11 is 0. The normalized spacial score (nSPS) is 10.5. The van der Waals surface area contributed by atoms with Gasteiger partial charge in [-0.1, -0.05) is 12.8 Å². The second kappa shape index (κ2) is 10.8. The summed E-state index contributed by atoms with van der Waals surface area (Å²) in [6, 6.07) is 0. The fourth-order valence-electron chi connectivity index (χ4n) is 0.952. The van der Waals surface area contributed by atoms with Crippen LogP contribution in [0.1, 0.15) is 25.7 Å². The molecule has 0 bridgehead atoms. The fourth-order valence-corrected chi connectivity index (χ4v) is 0.952. The first-order chi connectivity index (χ1) is 5.91. The largest absolute Gasteiger partial charge is 0.305 e. The minimum absolute atomic E-state index is 0.939. The van der Waals surface area contributed by atoms with E-state index >= 15 is 0 Å². The molecule has 0 rings (SSSR count). The van der Waals surface area contributed by atoms with Crippen molar-refractivity contribution >= 4 is 0 Å². The molecule has 0 aromatic heterocycles. The summed E-state index contributed by atoms with van der Waals surface area (Å²) in [6.45, 7) is 1.88. The van der Waals surface area contributed by atoms with Gasteiger partial charge < -0.3 is 9.68 Å². The summed E-state index contributed by atoms with van der Waals surface area (Å²) in [5.41, 5.74) is 5.62. The molecule has 4 nitrogen and oxygen atoms in total. The third-order valence-electron chi connectivity index (χ3n) is 1.60. The summed E-state index contributed by atoms with van der Waals surface area (Å²) in [4.78, 5) is 9.41. The van der Waals surface area contributed by atoms with Crippen molar-refractivity contribution in [2.24, 2.45) is 0 Å². The molecule has 0 spiro atoms. The van der Waals surface area contributed by atoms with Crippen LogP contribution in [0.4, 0.5) is 0 Å². The average molecular weight is 176 g/mol. The van der Waals surface area contributed by atoms with Crippen molar-refractivity contribution in [3.8, 4) is 0 Å². The zero-order chi connectivity index (χ0) is 9.07. The monoisotopic (exact) mass is 176 g/mol. The van der Waals surface area contributed by atoms with Crippen molar-refractivity contribution in [3.05, 3.63) is 0 Å². The zero-order valence-corrected chi connectivity index (χ0v) is 8.06. The van der Waals surface area contributed by atoms with Crippen molar-refractivity contribution in [3.63, 3.8) is 0 Å². The van der Waals surface area contributed by atoms with E-state index in [1.807, 2.05) is 0 Å². The Morgan fingerprint density at radius 2 is 1.17 bits per heavy atom. The molecule has 0 heterocycles. The van der Waals surface area contributed by atoms with Gasteiger partial charge in [0.15, 0.2) is 0 Å². The molecule has 0 aromatic rings. The summed E-state index contributed by atoms with van der Waals surface area (Å²) < 4.78 is 0. The predicted molar refractivity (Wildman–Crippen MR) is 48.5 cm³/mol. The standard InChI is InChI=1S/C8H20N2O2/c1-11-9-7-5-3-4-6-8-10-12-2/h9-10H,3-8H2,1-2H3. The van der Waals surface area contributed by atoms with Crippen molar-refractivity contribution in [1.29, 1.82) is 0 Å². The van der Waals surface area contributed by atoms with Crippen LogP contribution >= 0.6 is 0 Å². The van der Waals surface area contributed by atoms with Gasteiger partial charge in [0.2, 0.25) is 0 Å². The SMILES string of the molecule is CONCCCCCCNOC. The van der Waals surface area contributed by atoms with E-state index in [1.54, 1.807) is 14.2 Å². The Kier molecular flexibility index (Phi) is 10.7. The van der Waals surface area contributed by atoms with E-state index in [1.165, 1.54) is 25.7 Å². The molecule has 0 aliphatic heterocycles. The minimum atomic E-state index is 0.939. The van der Waals surface area contributed by atoms with Crippen LogP contribution in [0.2, 0.25) is 0 Å². The number of hydrogen-bond acceptors (Lipinski definition) is 4. The van der Waals surface area contributed by atoms with Gasteiger partial charge >= 0.3 is 0 Å². The second-order valence-corrected chi connectivity index (χ2v) is 2.61. The van der Waals surface area contributed by atoms with Gasteiger partial charge in [-0.25, -0.2) is 11.0 Å². The first-order valence-electron chi connectivity index (χ1n) is 4.43. The van der Waals surface area contributed by atoms with Crippen LogP contribution in [0.15, 0.2) is 0 Å².